The van der Waals surface area contributed by atoms with E-state index in [1.165, 1.54) is 0 Å². The average molecular weight is 212 g/mol. The lowest BCUT2D eigenvalue weighted by Gasteiger charge is -2.44. The Labute approximate surface area is 91.1 Å². The van der Waals surface area contributed by atoms with E-state index in [1.54, 1.807) is 7.11 Å². The fourth-order valence-electron chi connectivity index (χ4n) is 2.88. The molecule has 0 aromatic rings. The molecule has 3 heteroatoms. The lowest BCUT2D eigenvalue weighted by atomic mass is 9.75. The van der Waals surface area contributed by atoms with Crippen LogP contribution in [-0.2, 0) is 14.3 Å². The Morgan fingerprint density at radius 3 is 2.67 bits per heavy atom. The molecule has 2 aliphatic rings. The van der Waals surface area contributed by atoms with Crippen molar-refractivity contribution in [2.24, 2.45) is 5.92 Å². The van der Waals surface area contributed by atoms with Crippen LogP contribution in [0.3, 0.4) is 0 Å². The zero-order chi connectivity index (χ0) is 10.7. The molecule has 2 fully saturated rings. The summed E-state index contributed by atoms with van der Waals surface area (Å²) in [6.45, 7) is 0.751. The minimum atomic E-state index is -0.00113. The van der Waals surface area contributed by atoms with Crippen LogP contribution in [0.1, 0.15) is 38.5 Å². The van der Waals surface area contributed by atoms with Crippen molar-refractivity contribution >= 4 is 6.29 Å². The second-order valence-electron chi connectivity index (χ2n) is 4.86. The van der Waals surface area contributed by atoms with Gasteiger partial charge >= 0.3 is 0 Å². The second kappa shape index (κ2) is 4.62. The number of rotatable bonds is 2. The van der Waals surface area contributed by atoms with Crippen LogP contribution in [-0.4, -0.2) is 31.7 Å². The largest absolute Gasteiger partial charge is 0.381 e. The molecule has 0 N–H and O–H groups in total. The van der Waals surface area contributed by atoms with Gasteiger partial charge in [0, 0.05) is 19.6 Å². The van der Waals surface area contributed by atoms with Gasteiger partial charge in [-0.05, 0) is 38.5 Å². The predicted octanol–water partition coefficient (Wildman–Crippen LogP) is 1.94. The highest BCUT2D eigenvalue weighted by molar-refractivity contribution is 5.53. The monoisotopic (exact) mass is 212 g/mol. The van der Waals surface area contributed by atoms with Crippen LogP contribution in [0.5, 0.6) is 0 Å². The number of hydrogen-bond donors (Lipinski definition) is 0. The molecule has 0 aromatic carbocycles. The molecule has 1 unspecified atom stereocenters. The van der Waals surface area contributed by atoms with Gasteiger partial charge in [-0.15, -0.1) is 0 Å². The minimum Gasteiger partial charge on any atom is -0.381 e. The third kappa shape index (κ3) is 2.40. The van der Waals surface area contributed by atoms with Gasteiger partial charge in [-0.2, -0.15) is 0 Å². The van der Waals surface area contributed by atoms with E-state index in [0.29, 0.717) is 6.10 Å². The first kappa shape index (κ1) is 11.1. The topological polar surface area (TPSA) is 35.5 Å². The first-order valence-corrected chi connectivity index (χ1v) is 5.90. The van der Waals surface area contributed by atoms with Crippen LogP contribution < -0.4 is 0 Å². The predicted molar refractivity (Wildman–Crippen MR) is 56.7 cm³/mol. The first-order valence-electron chi connectivity index (χ1n) is 5.90. The molecule has 15 heavy (non-hydrogen) atoms. The number of carbonyl (C=O) groups is 1. The van der Waals surface area contributed by atoms with E-state index in [2.05, 4.69) is 0 Å². The first-order chi connectivity index (χ1) is 7.28. The van der Waals surface area contributed by atoms with Gasteiger partial charge in [0.2, 0.25) is 0 Å². The molecule has 3 nitrogen and oxygen atoms in total. The molecule has 1 aliphatic heterocycles. The van der Waals surface area contributed by atoms with Crippen molar-refractivity contribution in [2.75, 3.05) is 13.7 Å². The van der Waals surface area contributed by atoms with E-state index in [1.807, 2.05) is 0 Å². The molecule has 86 valence electrons. The van der Waals surface area contributed by atoms with Gasteiger partial charge in [-0.1, -0.05) is 0 Å². The number of carbonyl (C=O) groups excluding carboxylic acids is 1. The van der Waals surface area contributed by atoms with Gasteiger partial charge in [0.25, 0.3) is 0 Å². The standard InChI is InChI=1S/C12H20O3/c1-14-11-2-5-12(6-3-11)8-10(9-13)4-7-15-12/h9-11H,2-8H2,1H3. The van der Waals surface area contributed by atoms with Crippen LogP contribution >= 0.6 is 0 Å². The van der Waals surface area contributed by atoms with E-state index < -0.39 is 0 Å². The Hall–Kier alpha value is -0.410. The summed E-state index contributed by atoms with van der Waals surface area (Å²) in [6.07, 6.45) is 7.57. The maximum absolute atomic E-state index is 10.8. The molecule has 1 spiro atoms. The molecular weight excluding hydrogens is 192 g/mol. The van der Waals surface area contributed by atoms with Crippen molar-refractivity contribution in [2.45, 2.75) is 50.2 Å². The third-order valence-corrected chi connectivity index (χ3v) is 3.90. The van der Waals surface area contributed by atoms with Crippen molar-refractivity contribution in [3.05, 3.63) is 0 Å². The van der Waals surface area contributed by atoms with Gasteiger partial charge in [0.05, 0.1) is 11.7 Å². The SMILES string of the molecule is COC1CCC2(CC1)CC(C=O)CCO2. The van der Waals surface area contributed by atoms with Crippen LogP contribution in [0.15, 0.2) is 0 Å². The van der Waals surface area contributed by atoms with Gasteiger partial charge in [0.1, 0.15) is 6.29 Å². The van der Waals surface area contributed by atoms with Crippen LogP contribution in [0.2, 0.25) is 0 Å². The van der Waals surface area contributed by atoms with E-state index in [9.17, 15) is 4.79 Å². The Morgan fingerprint density at radius 2 is 2.07 bits per heavy atom. The maximum Gasteiger partial charge on any atom is 0.123 e. The van der Waals surface area contributed by atoms with E-state index in [0.717, 1.165) is 51.4 Å². The van der Waals surface area contributed by atoms with Gasteiger partial charge in [-0.3, -0.25) is 0 Å². The molecule has 1 atom stereocenters. The minimum absolute atomic E-state index is 0.00113. The van der Waals surface area contributed by atoms with Crippen molar-refractivity contribution in [3.8, 4) is 0 Å². The molecule has 0 radical (unpaired) electrons. The Kier molecular flexibility index (Phi) is 3.42. The molecule has 0 amide bonds. The summed E-state index contributed by atoms with van der Waals surface area (Å²) in [5, 5.41) is 0. The molecular formula is C12H20O3. The zero-order valence-electron chi connectivity index (χ0n) is 9.41. The number of aldehydes is 1. The fourth-order valence-corrected chi connectivity index (χ4v) is 2.88. The molecule has 2 rings (SSSR count). The fraction of sp³-hybridized carbons (Fsp3) is 0.917. The molecule has 1 saturated heterocycles. The number of methoxy groups -OCH3 is 1. The summed E-state index contributed by atoms with van der Waals surface area (Å²) in [5.41, 5.74) is -0.00113. The highest BCUT2D eigenvalue weighted by atomic mass is 16.5. The van der Waals surface area contributed by atoms with Crippen molar-refractivity contribution in [1.82, 2.24) is 0 Å². The Balaban J connectivity index is 1.93. The number of hydrogen-bond acceptors (Lipinski definition) is 3. The molecule has 1 aliphatic carbocycles. The van der Waals surface area contributed by atoms with Gasteiger partial charge in [0.15, 0.2) is 0 Å². The summed E-state index contributed by atoms with van der Waals surface area (Å²) in [4.78, 5) is 10.8. The smallest absolute Gasteiger partial charge is 0.123 e. The highest BCUT2D eigenvalue weighted by Crippen LogP contribution is 2.40. The summed E-state index contributed by atoms with van der Waals surface area (Å²) >= 11 is 0. The third-order valence-electron chi connectivity index (χ3n) is 3.90. The van der Waals surface area contributed by atoms with Crippen LogP contribution in [0.4, 0.5) is 0 Å². The van der Waals surface area contributed by atoms with E-state index in [-0.39, 0.29) is 11.5 Å². The van der Waals surface area contributed by atoms with E-state index >= 15 is 0 Å². The highest BCUT2D eigenvalue weighted by Gasteiger charge is 2.40. The summed E-state index contributed by atoms with van der Waals surface area (Å²) in [7, 11) is 1.78. The van der Waals surface area contributed by atoms with Crippen molar-refractivity contribution < 1.29 is 14.3 Å². The summed E-state index contributed by atoms with van der Waals surface area (Å²) < 4.78 is 11.3. The lowest BCUT2D eigenvalue weighted by Crippen LogP contribution is -2.44. The second-order valence-corrected chi connectivity index (χ2v) is 4.86. The Bertz CT molecular complexity index is 219. The molecule has 0 bridgehead atoms. The summed E-state index contributed by atoms with van der Waals surface area (Å²) in [6, 6.07) is 0. The normalized spacial score (nSPS) is 41.7. The van der Waals surface area contributed by atoms with Crippen molar-refractivity contribution in [3.63, 3.8) is 0 Å². The zero-order valence-corrected chi connectivity index (χ0v) is 9.41. The van der Waals surface area contributed by atoms with Crippen LogP contribution in [0.25, 0.3) is 0 Å². The Morgan fingerprint density at radius 1 is 1.33 bits per heavy atom. The van der Waals surface area contributed by atoms with Gasteiger partial charge in [-0.25, -0.2) is 0 Å². The molecule has 1 saturated carbocycles. The molecule has 0 aromatic heterocycles. The molecule has 1 heterocycles. The quantitative estimate of drug-likeness (QED) is 0.656. The van der Waals surface area contributed by atoms with Crippen LogP contribution in [0, 0.1) is 5.92 Å². The van der Waals surface area contributed by atoms with Gasteiger partial charge < -0.3 is 14.3 Å². The summed E-state index contributed by atoms with van der Waals surface area (Å²) in [5.74, 6) is 0.220. The maximum atomic E-state index is 10.8. The lowest BCUT2D eigenvalue weighted by molar-refractivity contribution is -0.142. The average Bonchev–Trinajstić information content (AvgIpc) is 2.30. The van der Waals surface area contributed by atoms with Crippen molar-refractivity contribution in [1.29, 1.82) is 0 Å². The number of ether oxygens (including phenoxy) is 2. The van der Waals surface area contributed by atoms with E-state index in [4.69, 9.17) is 9.47 Å².